The highest BCUT2D eigenvalue weighted by atomic mass is 32.2. The fourth-order valence-electron chi connectivity index (χ4n) is 3.46. The van der Waals surface area contributed by atoms with Crippen LogP contribution in [0.2, 0.25) is 0 Å². The molecule has 32 heavy (non-hydrogen) atoms. The van der Waals surface area contributed by atoms with Crippen LogP contribution in [0.25, 0.3) is 0 Å². The number of anilines is 1. The van der Waals surface area contributed by atoms with Crippen molar-refractivity contribution in [3.63, 3.8) is 0 Å². The monoisotopic (exact) mass is 452 g/mol. The van der Waals surface area contributed by atoms with Crippen molar-refractivity contribution in [3.05, 3.63) is 89.5 Å². The Hall–Kier alpha value is -3.32. The number of aryl methyl sites for hydroxylation is 2. The number of hydrogen-bond acceptors (Lipinski definition) is 4. The lowest BCUT2D eigenvalue weighted by molar-refractivity contribution is -0.120. The van der Waals surface area contributed by atoms with E-state index in [2.05, 4.69) is 5.32 Å². The summed E-state index contributed by atoms with van der Waals surface area (Å²) in [5.41, 5.74) is 3.10. The van der Waals surface area contributed by atoms with Crippen LogP contribution in [0.1, 0.15) is 29.7 Å². The number of rotatable bonds is 8. The second-order valence-electron chi connectivity index (χ2n) is 7.69. The molecular weight excluding hydrogens is 424 g/mol. The number of nitrogens with one attached hydrogen (secondary N) is 1. The normalized spacial score (nSPS) is 12.1. The van der Waals surface area contributed by atoms with E-state index in [1.807, 2.05) is 51.1 Å². The molecule has 0 aliphatic rings. The summed E-state index contributed by atoms with van der Waals surface area (Å²) in [6.45, 7) is 5.26. The van der Waals surface area contributed by atoms with Crippen LogP contribution in [-0.4, -0.2) is 28.0 Å². The maximum absolute atomic E-state index is 13.5. The number of amides is 1. The minimum Gasteiger partial charge on any atom is -0.496 e. The van der Waals surface area contributed by atoms with Gasteiger partial charge in [-0.05, 0) is 56.7 Å². The molecule has 0 saturated heterocycles. The minimum atomic E-state index is -3.95. The molecule has 1 N–H and O–H groups in total. The molecule has 0 aliphatic heterocycles. The first-order chi connectivity index (χ1) is 15.2. The molecule has 3 aromatic rings. The van der Waals surface area contributed by atoms with Crippen molar-refractivity contribution in [1.29, 1.82) is 0 Å². The third-order valence-electron chi connectivity index (χ3n) is 5.17. The predicted octanol–water partition coefficient (Wildman–Crippen LogP) is 4.38. The molecule has 0 fully saturated rings. The van der Waals surface area contributed by atoms with Crippen molar-refractivity contribution in [2.24, 2.45) is 0 Å². The summed E-state index contributed by atoms with van der Waals surface area (Å²) in [6.07, 6.45) is 0. The maximum Gasteiger partial charge on any atom is 0.264 e. The van der Waals surface area contributed by atoms with Crippen molar-refractivity contribution in [2.45, 2.75) is 31.7 Å². The Bertz CT molecular complexity index is 1190. The SMILES string of the molecule is COc1ccccc1[C@H](C)NC(=O)CN(c1cccc(C)c1)S(=O)(=O)c1ccc(C)cc1. The van der Waals surface area contributed by atoms with E-state index < -0.39 is 15.9 Å². The fourth-order valence-corrected chi connectivity index (χ4v) is 4.87. The summed E-state index contributed by atoms with van der Waals surface area (Å²) < 4.78 is 33.5. The first-order valence-corrected chi connectivity index (χ1v) is 11.7. The van der Waals surface area contributed by atoms with E-state index in [1.54, 1.807) is 49.6 Å². The average Bonchev–Trinajstić information content (AvgIpc) is 2.77. The standard InChI is InChI=1S/C25H28N2O4S/c1-18-12-14-22(15-13-18)32(29,30)27(21-9-7-8-19(2)16-21)17-25(28)26-20(3)23-10-5-6-11-24(23)31-4/h5-16,20H,17H2,1-4H3,(H,26,28)/t20-/m0/s1. The molecule has 1 atom stereocenters. The molecule has 3 rings (SSSR count). The number of carbonyl (C=O) groups is 1. The van der Waals surface area contributed by atoms with Gasteiger partial charge in [-0.2, -0.15) is 0 Å². The topological polar surface area (TPSA) is 75.7 Å². The summed E-state index contributed by atoms with van der Waals surface area (Å²) in [4.78, 5) is 13.1. The third-order valence-corrected chi connectivity index (χ3v) is 6.96. The van der Waals surface area contributed by atoms with Crippen LogP contribution in [0.4, 0.5) is 5.69 Å². The van der Waals surface area contributed by atoms with Gasteiger partial charge in [0, 0.05) is 5.56 Å². The first kappa shape index (κ1) is 23.3. The fraction of sp³-hybridized carbons (Fsp3) is 0.240. The summed E-state index contributed by atoms with van der Waals surface area (Å²) in [5, 5.41) is 2.89. The van der Waals surface area contributed by atoms with Crippen molar-refractivity contribution in [3.8, 4) is 5.75 Å². The molecule has 6 nitrogen and oxygen atoms in total. The average molecular weight is 453 g/mol. The van der Waals surface area contributed by atoms with Crippen molar-refractivity contribution < 1.29 is 17.9 Å². The summed E-state index contributed by atoms with van der Waals surface area (Å²) in [7, 11) is -2.38. The van der Waals surface area contributed by atoms with E-state index in [1.165, 1.54) is 0 Å². The van der Waals surface area contributed by atoms with Gasteiger partial charge in [0.2, 0.25) is 5.91 Å². The zero-order valence-corrected chi connectivity index (χ0v) is 19.5. The number of para-hydroxylation sites is 1. The Kier molecular flexibility index (Phi) is 7.20. The molecule has 7 heteroatoms. The van der Waals surface area contributed by atoms with E-state index in [9.17, 15) is 13.2 Å². The number of carbonyl (C=O) groups excluding carboxylic acids is 1. The smallest absolute Gasteiger partial charge is 0.264 e. The molecular formula is C25H28N2O4S. The van der Waals surface area contributed by atoms with Crippen LogP contribution in [0.15, 0.2) is 77.7 Å². The number of nitrogens with zero attached hydrogens (tertiary/aromatic N) is 1. The molecule has 0 unspecified atom stereocenters. The Morgan fingerprint density at radius 2 is 1.66 bits per heavy atom. The first-order valence-electron chi connectivity index (χ1n) is 10.3. The lowest BCUT2D eigenvalue weighted by atomic mass is 10.1. The molecule has 0 spiro atoms. The van der Waals surface area contributed by atoms with E-state index >= 15 is 0 Å². The highest BCUT2D eigenvalue weighted by molar-refractivity contribution is 7.92. The quantitative estimate of drug-likeness (QED) is 0.550. The zero-order chi connectivity index (χ0) is 23.3. The highest BCUT2D eigenvalue weighted by Gasteiger charge is 2.28. The van der Waals surface area contributed by atoms with Gasteiger partial charge in [-0.3, -0.25) is 9.10 Å². The van der Waals surface area contributed by atoms with Gasteiger partial charge in [-0.25, -0.2) is 8.42 Å². The lowest BCUT2D eigenvalue weighted by Gasteiger charge is -2.25. The molecule has 0 heterocycles. The van der Waals surface area contributed by atoms with Gasteiger partial charge in [0.15, 0.2) is 0 Å². The second-order valence-corrected chi connectivity index (χ2v) is 9.56. The highest BCUT2D eigenvalue weighted by Crippen LogP contribution is 2.26. The minimum absolute atomic E-state index is 0.134. The number of hydrogen-bond donors (Lipinski definition) is 1. The van der Waals surface area contributed by atoms with Crippen LogP contribution in [0.3, 0.4) is 0 Å². The molecule has 0 bridgehead atoms. The van der Waals surface area contributed by atoms with Crippen molar-refractivity contribution in [2.75, 3.05) is 18.0 Å². The molecule has 168 valence electrons. The van der Waals surface area contributed by atoms with Gasteiger partial charge in [-0.1, -0.05) is 48.0 Å². The van der Waals surface area contributed by atoms with E-state index in [0.717, 1.165) is 21.0 Å². The molecule has 0 aliphatic carbocycles. The second kappa shape index (κ2) is 9.87. The van der Waals surface area contributed by atoms with Gasteiger partial charge in [0.1, 0.15) is 12.3 Å². The van der Waals surface area contributed by atoms with E-state index in [-0.39, 0.29) is 17.5 Å². The number of sulfonamides is 1. The summed E-state index contributed by atoms with van der Waals surface area (Å²) >= 11 is 0. The third kappa shape index (κ3) is 5.29. The Morgan fingerprint density at radius 1 is 0.969 bits per heavy atom. The number of ether oxygens (including phenoxy) is 1. The summed E-state index contributed by atoms with van der Waals surface area (Å²) in [6, 6.07) is 20.7. The summed E-state index contributed by atoms with van der Waals surface area (Å²) in [5.74, 6) is 0.240. The van der Waals surface area contributed by atoms with Crippen molar-refractivity contribution >= 4 is 21.6 Å². The Balaban J connectivity index is 1.90. The Labute approximate surface area is 189 Å². The molecule has 0 aromatic heterocycles. The van der Waals surface area contributed by atoms with Gasteiger partial charge in [0.05, 0.1) is 23.7 Å². The van der Waals surface area contributed by atoms with Crippen LogP contribution in [-0.2, 0) is 14.8 Å². The van der Waals surface area contributed by atoms with Gasteiger partial charge in [-0.15, -0.1) is 0 Å². The predicted molar refractivity (Wildman–Crippen MR) is 126 cm³/mol. The van der Waals surface area contributed by atoms with Gasteiger partial charge in [0.25, 0.3) is 10.0 Å². The lowest BCUT2D eigenvalue weighted by Crippen LogP contribution is -2.41. The molecule has 1 amide bonds. The molecule has 3 aromatic carbocycles. The van der Waals surface area contributed by atoms with Crippen LogP contribution < -0.4 is 14.4 Å². The molecule has 0 saturated carbocycles. The van der Waals surface area contributed by atoms with E-state index in [0.29, 0.717) is 11.4 Å². The van der Waals surface area contributed by atoms with Crippen LogP contribution in [0, 0.1) is 13.8 Å². The van der Waals surface area contributed by atoms with Crippen LogP contribution in [0.5, 0.6) is 5.75 Å². The number of benzene rings is 3. The van der Waals surface area contributed by atoms with Gasteiger partial charge >= 0.3 is 0 Å². The van der Waals surface area contributed by atoms with Crippen molar-refractivity contribution in [1.82, 2.24) is 5.32 Å². The Morgan fingerprint density at radius 3 is 2.31 bits per heavy atom. The van der Waals surface area contributed by atoms with E-state index in [4.69, 9.17) is 4.74 Å². The maximum atomic E-state index is 13.5. The number of methoxy groups -OCH3 is 1. The largest absolute Gasteiger partial charge is 0.496 e. The zero-order valence-electron chi connectivity index (χ0n) is 18.7. The van der Waals surface area contributed by atoms with Crippen LogP contribution >= 0.6 is 0 Å². The molecule has 0 radical (unpaired) electrons. The van der Waals surface area contributed by atoms with Gasteiger partial charge < -0.3 is 10.1 Å².